The van der Waals surface area contributed by atoms with Crippen molar-refractivity contribution in [2.45, 2.75) is 50.3 Å². The zero-order chi connectivity index (χ0) is 32.1. The molecule has 248 valence electrons. The number of fused-ring (bicyclic) bond motifs is 8. The monoisotopic (exact) mass is 667 g/mol. The van der Waals surface area contributed by atoms with Crippen molar-refractivity contribution < 1.29 is 32.9 Å². The molecule has 8 heterocycles. The van der Waals surface area contributed by atoms with Gasteiger partial charge in [0.2, 0.25) is 0 Å². The molecule has 0 radical (unpaired) electrons. The third kappa shape index (κ3) is 5.70. The molecular weight excluding hydrogens is 633 g/mol. The van der Waals surface area contributed by atoms with Crippen LogP contribution in [-0.2, 0) is 25.4 Å². The Labute approximate surface area is 274 Å². The van der Waals surface area contributed by atoms with E-state index in [1.54, 1.807) is 25.4 Å². The first-order valence-corrected chi connectivity index (χ1v) is 16.4. The standard InChI is InChI=1S/C32H35ClFN7O6/c1-32-16-40(6-9-44-17-32)29-22-12-35-28(25-20(3-2-8-45-31(42)47-32)23(33)11-24-21(25)13-36-39-24)26(34)27(22)37-30(38-29)46-15-19-5-4-18-14-43-10-7-41(18)19/h11-13,18-19H,2-10,14-17H2,1H3,(H,36,39)/t18-,19-,32-/m0/s1. The summed E-state index contributed by atoms with van der Waals surface area (Å²) in [5.41, 5.74) is 0.858. The van der Waals surface area contributed by atoms with Crippen molar-refractivity contribution in [3.8, 4) is 17.3 Å². The molecule has 3 atom stereocenters. The van der Waals surface area contributed by atoms with E-state index in [1.165, 1.54) is 0 Å². The van der Waals surface area contributed by atoms with E-state index >= 15 is 4.39 Å². The normalized spacial score (nSPS) is 25.4. The molecule has 47 heavy (non-hydrogen) atoms. The maximum Gasteiger partial charge on any atom is 0.508 e. The van der Waals surface area contributed by atoms with Crippen LogP contribution in [0.25, 0.3) is 33.1 Å². The number of H-pyrrole nitrogens is 1. The van der Waals surface area contributed by atoms with E-state index in [0.29, 0.717) is 83.5 Å². The third-order valence-electron chi connectivity index (χ3n) is 9.52. The molecule has 1 N–H and O–H groups in total. The Morgan fingerprint density at radius 2 is 2.04 bits per heavy atom. The zero-order valence-corrected chi connectivity index (χ0v) is 26.7. The van der Waals surface area contributed by atoms with Gasteiger partial charge in [0, 0.05) is 47.3 Å². The summed E-state index contributed by atoms with van der Waals surface area (Å²) in [4.78, 5) is 31.3. The molecule has 13 nitrogen and oxygen atoms in total. The van der Waals surface area contributed by atoms with Gasteiger partial charge in [-0.1, -0.05) is 11.6 Å². The van der Waals surface area contributed by atoms with Crippen molar-refractivity contribution in [2.24, 2.45) is 0 Å². The van der Waals surface area contributed by atoms with Crippen molar-refractivity contribution in [1.82, 2.24) is 30.0 Å². The van der Waals surface area contributed by atoms with E-state index in [4.69, 9.17) is 40.3 Å². The molecule has 0 spiro atoms. The van der Waals surface area contributed by atoms with Crippen molar-refractivity contribution in [1.29, 1.82) is 0 Å². The number of carbonyl (C=O) groups is 1. The number of aromatic amines is 1. The van der Waals surface area contributed by atoms with Crippen molar-refractivity contribution >= 4 is 45.4 Å². The molecule has 4 aromatic rings. The van der Waals surface area contributed by atoms with Gasteiger partial charge < -0.3 is 28.6 Å². The largest absolute Gasteiger partial charge is 0.508 e. The smallest absolute Gasteiger partial charge is 0.462 e. The van der Waals surface area contributed by atoms with E-state index in [9.17, 15) is 4.79 Å². The average Bonchev–Trinajstić information content (AvgIpc) is 3.65. The molecule has 0 amide bonds. The number of hydrogen-bond donors (Lipinski definition) is 1. The molecule has 5 aliphatic heterocycles. The summed E-state index contributed by atoms with van der Waals surface area (Å²) in [6.45, 7) is 5.53. The van der Waals surface area contributed by atoms with Gasteiger partial charge >= 0.3 is 12.2 Å². The summed E-state index contributed by atoms with van der Waals surface area (Å²) in [5.74, 6) is -0.223. The van der Waals surface area contributed by atoms with Gasteiger partial charge in [0.15, 0.2) is 11.4 Å². The highest BCUT2D eigenvalue weighted by Gasteiger charge is 2.38. The number of halogens is 2. The number of hydrogen-bond acceptors (Lipinski definition) is 12. The Morgan fingerprint density at radius 1 is 1.15 bits per heavy atom. The Morgan fingerprint density at radius 3 is 2.96 bits per heavy atom. The van der Waals surface area contributed by atoms with E-state index in [-0.39, 0.29) is 43.0 Å². The highest BCUT2D eigenvalue weighted by Crippen LogP contribution is 2.40. The number of carbonyl (C=O) groups excluding carboxylic acids is 1. The fraction of sp³-hybridized carbons (Fsp3) is 0.531. The fourth-order valence-electron chi connectivity index (χ4n) is 7.28. The Balaban J connectivity index is 1.28. The second kappa shape index (κ2) is 12.3. The number of rotatable bonds is 3. The molecule has 0 saturated carbocycles. The SMILES string of the molecule is C[C@@]12COCCN(C1)c1nc(OC[C@@H]3CC[C@H]4COCCN43)nc3c(F)c(ncc13)-c1c(c(Cl)cc3[nH]ncc13)CCCOC(=O)O2. The van der Waals surface area contributed by atoms with Gasteiger partial charge in [-0.25, -0.2) is 9.18 Å². The second-order valence-electron chi connectivity index (χ2n) is 12.8. The van der Waals surface area contributed by atoms with Gasteiger partial charge in [-0.05, 0) is 44.2 Å². The number of ether oxygens (including phenoxy) is 5. The van der Waals surface area contributed by atoms with Crippen molar-refractivity contribution in [3.63, 3.8) is 0 Å². The molecule has 6 bridgehead atoms. The van der Waals surface area contributed by atoms with Gasteiger partial charge in [0.1, 0.15) is 23.6 Å². The predicted molar refractivity (Wildman–Crippen MR) is 169 cm³/mol. The van der Waals surface area contributed by atoms with Crippen LogP contribution in [0.4, 0.5) is 15.0 Å². The number of nitrogens with one attached hydrogen (secondary N) is 1. The van der Waals surface area contributed by atoms with E-state index in [2.05, 4.69) is 25.1 Å². The maximum absolute atomic E-state index is 17.0. The van der Waals surface area contributed by atoms with Crippen LogP contribution in [0.2, 0.25) is 5.02 Å². The molecular formula is C32H35ClFN7O6. The van der Waals surface area contributed by atoms with Crippen LogP contribution in [0.1, 0.15) is 31.7 Å². The number of morpholine rings is 1. The van der Waals surface area contributed by atoms with Gasteiger partial charge in [0.25, 0.3) is 0 Å². The minimum atomic E-state index is -1.08. The minimum Gasteiger partial charge on any atom is -0.462 e. The molecule has 0 aliphatic carbocycles. The van der Waals surface area contributed by atoms with Crippen LogP contribution in [-0.4, -0.2) is 113 Å². The molecule has 5 aliphatic rings. The highest BCUT2D eigenvalue weighted by molar-refractivity contribution is 6.33. The van der Waals surface area contributed by atoms with Crippen LogP contribution < -0.4 is 9.64 Å². The Hall–Kier alpha value is -3.85. The van der Waals surface area contributed by atoms with E-state index in [0.717, 1.165) is 26.0 Å². The van der Waals surface area contributed by atoms with Gasteiger partial charge in [-0.2, -0.15) is 15.1 Å². The summed E-state index contributed by atoms with van der Waals surface area (Å²) in [5, 5.41) is 8.57. The maximum atomic E-state index is 17.0. The van der Waals surface area contributed by atoms with Gasteiger partial charge in [0.05, 0.1) is 56.7 Å². The number of nitrogens with zero attached hydrogens (tertiary/aromatic N) is 6. The van der Waals surface area contributed by atoms with E-state index in [1.807, 2.05) is 4.90 Å². The molecule has 0 unspecified atom stereocenters. The minimum absolute atomic E-state index is 0.0494. The number of benzene rings is 1. The summed E-state index contributed by atoms with van der Waals surface area (Å²) in [6.07, 6.45) is 5.19. The summed E-state index contributed by atoms with van der Waals surface area (Å²) >= 11 is 6.78. The first kappa shape index (κ1) is 30.5. The van der Waals surface area contributed by atoms with Gasteiger partial charge in [-0.3, -0.25) is 15.0 Å². The Bertz CT molecular complexity index is 1840. The van der Waals surface area contributed by atoms with Crippen molar-refractivity contribution in [2.75, 3.05) is 64.2 Å². The highest BCUT2D eigenvalue weighted by atomic mass is 35.5. The molecule has 1 aromatic carbocycles. The fourth-order valence-corrected chi connectivity index (χ4v) is 7.58. The summed E-state index contributed by atoms with van der Waals surface area (Å²) in [7, 11) is 0. The first-order chi connectivity index (χ1) is 22.9. The number of aromatic nitrogens is 5. The first-order valence-electron chi connectivity index (χ1n) is 16.0. The topological polar surface area (TPSA) is 137 Å². The van der Waals surface area contributed by atoms with Gasteiger partial charge in [-0.15, -0.1) is 0 Å². The number of anilines is 1. The zero-order valence-electron chi connectivity index (χ0n) is 26.0. The molecule has 15 heteroatoms. The lowest BCUT2D eigenvalue weighted by Crippen LogP contribution is -2.47. The second-order valence-corrected chi connectivity index (χ2v) is 13.2. The molecule has 9 rings (SSSR count). The lowest BCUT2D eigenvalue weighted by molar-refractivity contribution is -0.0575. The number of pyridine rings is 1. The summed E-state index contributed by atoms with van der Waals surface area (Å²) in [6, 6.07) is 2.35. The third-order valence-corrected chi connectivity index (χ3v) is 9.86. The van der Waals surface area contributed by atoms with Crippen LogP contribution in [0, 0.1) is 5.82 Å². The summed E-state index contributed by atoms with van der Waals surface area (Å²) < 4.78 is 46.1. The predicted octanol–water partition coefficient (Wildman–Crippen LogP) is 4.30. The quantitative estimate of drug-likeness (QED) is 0.312. The van der Waals surface area contributed by atoms with Crippen LogP contribution in [0.5, 0.6) is 6.01 Å². The lowest BCUT2D eigenvalue weighted by Gasteiger charge is -2.33. The molecule has 3 fully saturated rings. The lowest BCUT2D eigenvalue weighted by atomic mass is 9.95. The molecule has 3 aromatic heterocycles. The van der Waals surface area contributed by atoms with Crippen LogP contribution >= 0.6 is 11.6 Å². The molecule has 3 saturated heterocycles. The van der Waals surface area contributed by atoms with Crippen molar-refractivity contribution in [3.05, 3.63) is 34.9 Å². The van der Waals surface area contributed by atoms with Crippen LogP contribution in [0.15, 0.2) is 18.5 Å². The van der Waals surface area contributed by atoms with Crippen LogP contribution in [0.3, 0.4) is 0 Å². The average molecular weight is 668 g/mol. The Kier molecular flexibility index (Phi) is 7.98. The van der Waals surface area contributed by atoms with E-state index < -0.39 is 17.6 Å².